The minimum atomic E-state index is -0.259. The maximum atomic E-state index is 13.5. The van der Waals surface area contributed by atoms with Crippen molar-refractivity contribution in [3.63, 3.8) is 0 Å². The second-order valence-corrected chi connectivity index (χ2v) is 3.36. The van der Waals surface area contributed by atoms with Gasteiger partial charge < -0.3 is 9.73 Å². The van der Waals surface area contributed by atoms with Crippen molar-refractivity contribution in [2.45, 2.75) is 13.5 Å². The molecule has 3 heteroatoms. The standard InChI is InChI=1S/C11H12FNO/c1-7-3-4-8-5-9(6-13-2)14-11(8)10(7)12/h3-5,13H,6H2,1-2H3. The van der Waals surface area contributed by atoms with Crippen LogP contribution in [0.4, 0.5) is 4.39 Å². The van der Waals surface area contributed by atoms with Gasteiger partial charge in [-0.3, -0.25) is 0 Å². The quantitative estimate of drug-likeness (QED) is 0.793. The van der Waals surface area contributed by atoms with E-state index in [-0.39, 0.29) is 5.82 Å². The summed E-state index contributed by atoms with van der Waals surface area (Å²) in [7, 11) is 1.83. The van der Waals surface area contributed by atoms with Gasteiger partial charge in [0, 0.05) is 5.39 Å². The molecule has 1 aromatic carbocycles. The molecule has 1 aromatic heterocycles. The third-order valence-electron chi connectivity index (χ3n) is 2.22. The first-order chi connectivity index (χ1) is 6.72. The van der Waals surface area contributed by atoms with Gasteiger partial charge >= 0.3 is 0 Å². The van der Waals surface area contributed by atoms with Crippen LogP contribution < -0.4 is 5.32 Å². The molecule has 0 fully saturated rings. The zero-order valence-corrected chi connectivity index (χ0v) is 8.23. The summed E-state index contributed by atoms with van der Waals surface area (Å²) in [5.74, 6) is 0.497. The van der Waals surface area contributed by atoms with E-state index in [9.17, 15) is 4.39 Å². The summed E-state index contributed by atoms with van der Waals surface area (Å²) in [5.41, 5.74) is 0.970. The van der Waals surface area contributed by atoms with E-state index >= 15 is 0 Å². The average Bonchev–Trinajstić information content (AvgIpc) is 2.56. The summed E-state index contributed by atoms with van der Waals surface area (Å²) in [6.07, 6.45) is 0. The Morgan fingerprint density at radius 3 is 2.93 bits per heavy atom. The number of hydrogen-bond donors (Lipinski definition) is 1. The molecule has 0 bridgehead atoms. The molecule has 0 radical (unpaired) electrons. The molecule has 0 saturated carbocycles. The molecule has 2 nitrogen and oxygen atoms in total. The number of rotatable bonds is 2. The van der Waals surface area contributed by atoms with Crippen molar-refractivity contribution in [3.05, 3.63) is 35.3 Å². The van der Waals surface area contributed by atoms with Crippen LogP contribution in [-0.4, -0.2) is 7.05 Å². The number of fused-ring (bicyclic) bond motifs is 1. The highest BCUT2D eigenvalue weighted by atomic mass is 19.1. The number of furan rings is 1. The minimum absolute atomic E-state index is 0.259. The highest BCUT2D eigenvalue weighted by molar-refractivity contribution is 5.79. The van der Waals surface area contributed by atoms with E-state index in [1.165, 1.54) is 0 Å². The van der Waals surface area contributed by atoms with Crippen LogP contribution in [0.15, 0.2) is 22.6 Å². The van der Waals surface area contributed by atoms with E-state index in [0.29, 0.717) is 17.7 Å². The van der Waals surface area contributed by atoms with E-state index in [1.54, 1.807) is 13.0 Å². The lowest BCUT2D eigenvalue weighted by Crippen LogP contribution is -2.03. The van der Waals surface area contributed by atoms with Gasteiger partial charge in [0.25, 0.3) is 0 Å². The Balaban J connectivity index is 2.59. The van der Waals surface area contributed by atoms with Crippen LogP contribution in [0.3, 0.4) is 0 Å². The van der Waals surface area contributed by atoms with Crippen molar-refractivity contribution in [3.8, 4) is 0 Å². The normalized spacial score (nSPS) is 11.1. The SMILES string of the molecule is CNCc1cc2ccc(C)c(F)c2o1. The fourth-order valence-electron chi connectivity index (χ4n) is 1.48. The third-order valence-corrected chi connectivity index (χ3v) is 2.22. The molecule has 14 heavy (non-hydrogen) atoms. The highest BCUT2D eigenvalue weighted by Gasteiger charge is 2.09. The zero-order valence-electron chi connectivity index (χ0n) is 8.23. The molecule has 0 spiro atoms. The second-order valence-electron chi connectivity index (χ2n) is 3.36. The second kappa shape index (κ2) is 3.42. The van der Waals surface area contributed by atoms with Crippen molar-refractivity contribution >= 4 is 11.0 Å². The van der Waals surface area contributed by atoms with Crippen molar-refractivity contribution in [1.29, 1.82) is 0 Å². The van der Waals surface area contributed by atoms with Gasteiger partial charge in [0.1, 0.15) is 5.76 Å². The molecular weight excluding hydrogens is 181 g/mol. The lowest BCUT2D eigenvalue weighted by atomic mass is 10.2. The summed E-state index contributed by atoms with van der Waals surface area (Å²) in [6.45, 7) is 2.35. The molecule has 1 N–H and O–H groups in total. The number of aryl methyl sites for hydroxylation is 1. The number of benzene rings is 1. The van der Waals surface area contributed by atoms with Crippen LogP contribution in [-0.2, 0) is 6.54 Å². The molecule has 0 atom stereocenters. The van der Waals surface area contributed by atoms with Crippen LogP contribution in [0.25, 0.3) is 11.0 Å². The van der Waals surface area contributed by atoms with Crippen LogP contribution >= 0.6 is 0 Å². The summed E-state index contributed by atoms with van der Waals surface area (Å²) in [6, 6.07) is 5.49. The average molecular weight is 193 g/mol. The first-order valence-corrected chi connectivity index (χ1v) is 4.54. The van der Waals surface area contributed by atoms with Crippen molar-refractivity contribution < 1.29 is 8.81 Å². The van der Waals surface area contributed by atoms with Gasteiger partial charge in [-0.05, 0) is 25.6 Å². The van der Waals surface area contributed by atoms with Gasteiger partial charge in [0.05, 0.1) is 6.54 Å². The molecule has 0 amide bonds. The van der Waals surface area contributed by atoms with Gasteiger partial charge in [-0.25, -0.2) is 4.39 Å². The van der Waals surface area contributed by atoms with Gasteiger partial charge in [-0.15, -0.1) is 0 Å². The van der Waals surface area contributed by atoms with E-state index < -0.39 is 0 Å². The topological polar surface area (TPSA) is 25.2 Å². The third kappa shape index (κ3) is 1.40. The summed E-state index contributed by atoms with van der Waals surface area (Å²) in [5, 5.41) is 3.78. The molecule has 0 aliphatic rings. The number of halogens is 1. The summed E-state index contributed by atoms with van der Waals surface area (Å²) < 4.78 is 18.9. The molecule has 0 unspecified atom stereocenters. The lowest BCUT2D eigenvalue weighted by Gasteiger charge is -1.95. The maximum Gasteiger partial charge on any atom is 0.170 e. The monoisotopic (exact) mass is 193 g/mol. The Morgan fingerprint density at radius 2 is 2.21 bits per heavy atom. The predicted molar refractivity (Wildman–Crippen MR) is 53.7 cm³/mol. The fraction of sp³-hybridized carbons (Fsp3) is 0.273. The van der Waals surface area contributed by atoms with Crippen molar-refractivity contribution in [2.24, 2.45) is 0 Å². The van der Waals surface area contributed by atoms with Gasteiger partial charge in [-0.1, -0.05) is 12.1 Å². The molecule has 2 aromatic rings. The maximum absolute atomic E-state index is 13.5. The van der Waals surface area contributed by atoms with Gasteiger partial charge in [0.2, 0.25) is 0 Å². The highest BCUT2D eigenvalue weighted by Crippen LogP contribution is 2.24. The Labute approximate surface area is 81.7 Å². The first kappa shape index (κ1) is 9.21. The predicted octanol–water partition coefficient (Wildman–Crippen LogP) is 2.60. The Morgan fingerprint density at radius 1 is 1.43 bits per heavy atom. The minimum Gasteiger partial charge on any atom is -0.457 e. The smallest absolute Gasteiger partial charge is 0.170 e. The largest absolute Gasteiger partial charge is 0.457 e. The van der Waals surface area contributed by atoms with Crippen LogP contribution in [0.2, 0.25) is 0 Å². The van der Waals surface area contributed by atoms with Crippen LogP contribution in [0, 0.1) is 12.7 Å². The number of nitrogens with one attached hydrogen (secondary N) is 1. The Bertz CT molecular complexity index is 462. The van der Waals surface area contributed by atoms with Crippen LogP contribution in [0.1, 0.15) is 11.3 Å². The van der Waals surface area contributed by atoms with E-state index in [2.05, 4.69) is 5.32 Å². The van der Waals surface area contributed by atoms with Crippen molar-refractivity contribution in [2.75, 3.05) is 7.05 Å². The lowest BCUT2D eigenvalue weighted by molar-refractivity contribution is 0.505. The molecule has 0 aliphatic heterocycles. The molecule has 2 rings (SSSR count). The molecule has 0 aliphatic carbocycles. The van der Waals surface area contributed by atoms with Crippen LogP contribution in [0.5, 0.6) is 0 Å². The summed E-state index contributed by atoms with van der Waals surface area (Å²) in [4.78, 5) is 0. The van der Waals surface area contributed by atoms with E-state index in [0.717, 1.165) is 11.1 Å². The van der Waals surface area contributed by atoms with Gasteiger partial charge in [-0.2, -0.15) is 0 Å². The summed E-state index contributed by atoms with van der Waals surface area (Å²) >= 11 is 0. The van der Waals surface area contributed by atoms with Gasteiger partial charge in [0.15, 0.2) is 11.4 Å². The van der Waals surface area contributed by atoms with Crippen molar-refractivity contribution in [1.82, 2.24) is 5.32 Å². The number of hydrogen-bond acceptors (Lipinski definition) is 2. The molecular formula is C11H12FNO. The Hall–Kier alpha value is -1.35. The molecule has 74 valence electrons. The first-order valence-electron chi connectivity index (χ1n) is 4.54. The molecule has 0 saturated heterocycles. The fourth-order valence-corrected chi connectivity index (χ4v) is 1.48. The van der Waals surface area contributed by atoms with E-state index in [4.69, 9.17) is 4.42 Å². The van der Waals surface area contributed by atoms with E-state index in [1.807, 2.05) is 19.2 Å². The molecule has 1 heterocycles. The Kier molecular flexibility index (Phi) is 2.25. The zero-order chi connectivity index (χ0) is 10.1.